The van der Waals surface area contributed by atoms with Gasteiger partial charge in [0.15, 0.2) is 0 Å². The second-order valence-corrected chi connectivity index (χ2v) is 5.73. The molecule has 0 bridgehead atoms. The zero-order valence-corrected chi connectivity index (χ0v) is 12.3. The summed E-state index contributed by atoms with van der Waals surface area (Å²) >= 11 is 0. The van der Waals surface area contributed by atoms with Crippen molar-refractivity contribution in [2.45, 2.75) is 51.5 Å². The minimum Gasteiger partial charge on any atom is -0.496 e. The lowest BCUT2D eigenvalue weighted by Crippen LogP contribution is -2.25. The summed E-state index contributed by atoms with van der Waals surface area (Å²) in [4.78, 5) is 0. The molecule has 0 spiro atoms. The molecule has 1 aliphatic carbocycles. The summed E-state index contributed by atoms with van der Waals surface area (Å²) in [6.07, 6.45) is 8.47. The van der Waals surface area contributed by atoms with Crippen LogP contribution in [0.1, 0.15) is 57.1 Å². The van der Waals surface area contributed by atoms with Crippen LogP contribution in [-0.2, 0) is 0 Å². The van der Waals surface area contributed by atoms with Gasteiger partial charge in [0.1, 0.15) is 5.75 Å². The first-order chi connectivity index (χ1) is 9.31. The third-order valence-corrected chi connectivity index (χ3v) is 4.29. The Hall–Kier alpha value is -1.02. The predicted octanol–water partition coefficient (Wildman–Crippen LogP) is 4.32. The maximum atomic E-state index is 5.44. The Morgan fingerprint density at radius 1 is 1.16 bits per heavy atom. The molecule has 1 saturated carbocycles. The normalized spacial score (nSPS) is 18.8. The van der Waals surface area contributed by atoms with E-state index in [1.807, 2.05) is 12.1 Å². The van der Waals surface area contributed by atoms with Crippen molar-refractivity contribution in [2.24, 2.45) is 5.92 Å². The molecule has 0 amide bonds. The first-order valence-electron chi connectivity index (χ1n) is 7.67. The topological polar surface area (TPSA) is 21.3 Å². The number of benzene rings is 1. The van der Waals surface area contributed by atoms with E-state index in [2.05, 4.69) is 24.4 Å². The Morgan fingerprint density at radius 3 is 2.53 bits per heavy atom. The Morgan fingerprint density at radius 2 is 1.84 bits per heavy atom. The fraction of sp³-hybridized carbons (Fsp3) is 0.647. The van der Waals surface area contributed by atoms with Crippen LogP contribution < -0.4 is 10.1 Å². The number of para-hydroxylation sites is 1. The molecule has 1 N–H and O–H groups in total. The highest BCUT2D eigenvalue weighted by Gasteiger charge is 2.15. The summed E-state index contributed by atoms with van der Waals surface area (Å²) in [6.45, 7) is 3.37. The molecule has 2 rings (SSSR count). The van der Waals surface area contributed by atoms with Crippen molar-refractivity contribution in [3.8, 4) is 5.75 Å². The van der Waals surface area contributed by atoms with Crippen LogP contribution >= 0.6 is 0 Å². The standard InChI is InChI=1S/C17H27NO/c1-14(16-11-7-8-12-17(16)19-2)18-13-15-9-5-3-4-6-10-15/h7-8,11-12,14-15,18H,3-6,9-10,13H2,1-2H3/t14-/m0/s1. The monoisotopic (exact) mass is 261 g/mol. The number of hydrogen-bond donors (Lipinski definition) is 1. The summed E-state index contributed by atoms with van der Waals surface area (Å²) in [5.74, 6) is 1.85. The zero-order chi connectivity index (χ0) is 13.5. The van der Waals surface area contributed by atoms with Crippen molar-refractivity contribution in [1.29, 1.82) is 0 Å². The lowest BCUT2D eigenvalue weighted by Gasteiger charge is -2.21. The van der Waals surface area contributed by atoms with E-state index in [9.17, 15) is 0 Å². The summed E-state index contributed by atoms with van der Waals surface area (Å²) in [6, 6.07) is 8.67. The first kappa shape index (κ1) is 14.4. The molecule has 106 valence electrons. The number of methoxy groups -OCH3 is 1. The molecule has 0 saturated heterocycles. The molecule has 0 radical (unpaired) electrons. The molecule has 1 aromatic carbocycles. The third-order valence-electron chi connectivity index (χ3n) is 4.29. The smallest absolute Gasteiger partial charge is 0.123 e. The van der Waals surface area contributed by atoms with Crippen LogP contribution in [0, 0.1) is 5.92 Å². The van der Waals surface area contributed by atoms with Crippen molar-refractivity contribution in [2.75, 3.05) is 13.7 Å². The van der Waals surface area contributed by atoms with Crippen LogP contribution in [-0.4, -0.2) is 13.7 Å². The van der Waals surface area contributed by atoms with Gasteiger partial charge >= 0.3 is 0 Å². The summed E-state index contributed by atoms with van der Waals surface area (Å²) in [7, 11) is 1.75. The Bertz CT molecular complexity index is 369. The van der Waals surface area contributed by atoms with Gasteiger partial charge < -0.3 is 10.1 Å². The molecule has 19 heavy (non-hydrogen) atoms. The van der Waals surface area contributed by atoms with Gasteiger partial charge in [0.25, 0.3) is 0 Å². The number of rotatable bonds is 5. The minimum atomic E-state index is 0.361. The fourth-order valence-electron chi connectivity index (χ4n) is 3.05. The average Bonchev–Trinajstić information content (AvgIpc) is 2.73. The van der Waals surface area contributed by atoms with Crippen molar-refractivity contribution in [3.63, 3.8) is 0 Å². The van der Waals surface area contributed by atoms with Crippen molar-refractivity contribution < 1.29 is 4.74 Å². The second kappa shape index (κ2) is 7.54. The van der Waals surface area contributed by atoms with Crippen LogP contribution in [0.3, 0.4) is 0 Å². The van der Waals surface area contributed by atoms with Gasteiger partial charge in [-0.2, -0.15) is 0 Å². The van der Waals surface area contributed by atoms with Gasteiger partial charge in [-0.25, -0.2) is 0 Å². The highest BCUT2D eigenvalue weighted by Crippen LogP contribution is 2.26. The molecule has 1 fully saturated rings. The molecular formula is C17H27NO. The van der Waals surface area contributed by atoms with E-state index in [1.165, 1.54) is 44.1 Å². The predicted molar refractivity (Wildman–Crippen MR) is 80.6 cm³/mol. The van der Waals surface area contributed by atoms with Crippen LogP contribution in [0.5, 0.6) is 5.75 Å². The first-order valence-corrected chi connectivity index (χ1v) is 7.67. The van der Waals surface area contributed by atoms with Gasteiger partial charge in [-0.1, -0.05) is 43.9 Å². The van der Waals surface area contributed by atoms with Crippen LogP contribution in [0.4, 0.5) is 0 Å². The molecule has 0 heterocycles. The van der Waals surface area contributed by atoms with Crippen LogP contribution in [0.15, 0.2) is 24.3 Å². The van der Waals surface area contributed by atoms with E-state index < -0.39 is 0 Å². The summed E-state index contributed by atoms with van der Waals surface area (Å²) < 4.78 is 5.44. The molecule has 0 aliphatic heterocycles. The summed E-state index contributed by atoms with van der Waals surface area (Å²) in [5, 5.41) is 3.69. The van der Waals surface area contributed by atoms with E-state index in [0.29, 0.717) is 6.04 Å². The summed E-state index contributed by atoms with van der Waals surface area (Å²) in [5.41, 5.74) is 1.26. The number of ether oxygens (including phenoxy) is 1. The maximum absolute atomic E-state index is 5.44. The maximum Gasteiger partial charge on any atom is 0.123 e. The Balaban J connectivity index is 1.87. The third kappa shape index (κ3) is 4.24. The highest BCUT2D eigenvalue weighted by molar-refractivity contribution is 5.35. The second-order valence-electron chi connectivity index (χ2n) is 5.73. The van der Waals surface area contributed by atoms with Crippen molar-refractivity contribution in [1.82, 2.24) is 5.32 Å². The molecular weight excluding hydrogens is 234 g/mol. The van der Waals surface area contributed by atoms with Crippen LogP contribution in [0.2, 0.25) is 0 Å². The van der Waals surface area contributed by atoms with Gasteiger partial charge in [0.2, 0.25) is 0 Å². The molecule has 2 heteroatoms. The lowest BCUT2D eigenvalue weighted by atomic mass is 9.99. The quantitative estimate of drug-likeness (QED) is 0.797. The van der Waals surface area contributed by atoms with Gasteiger partial charge in [-0.15, -0.1) is 0 Å². The lowest BCUT2D eigenvalue weighted by molar-refractivity contribution is 0.382. The van der Waals surface area contributed by atoms with Crippen molar-refractivity contribution >= 4 is 0 Å². The van der Waals surface area contributed by atoms with Gasteiger partial charge in [-0.05, 0) is 38.3 Å². The largest absolute Gasteiger partial charge is 0.496 e. The van der Waals surface area contributed by atoms with E-state index >= 15 is 0 Å². The number of nitrogens with one attached hydrogen (secondary N) is 1. The van der Waals surface area contributed by atoms with Crippen LogP contribution in [0.25, 0.3) is 0 Å². The van der Waals surface area contributed by atoms with E-state index in [1.54, 1.807) is 7.11 Å². The zero-order valence-electron chi connectivity index (χ0n) is 12.3. The molecule has 0 unspecified atom stereocenters. The number of hydrogen-bond acceptors (Lipinski definition) is 2. The van der Waals surface area contributed by atoms with E-state index in [0.717, 1.165) is 18.2 Å². The minimum absolute atomic E-state index is 0.361. The van der Waals surface area contributed by atoms with Gasteiger partial charge in [0.05, 0.1) is 7.11 Å². The molecule has 1 aromatic rings. The highest BCUT2D eigenvalue weighted by atomic mass is 16.5. The van der Waals surface area contributed by atoms with Crippen molar-refractivity contribution in [3.05, 3.63) is 29.8 Å². The Kier molecular flexibility index (Phi) is 5.71. The van der Waals surface area contributed by atoms with Gasteiger partial charge in [0, 0.05) is 11.6 Å². The molecule has 1 aliphatic rings. The Labute approximate surface area is 117 Å². The fourth-order valence-corrected chi connectivity index (χ4v) is 3.05. The SMILES string of the molecule is COc1ccccc1[C@H](C)NCC1CCCCCC1. The molecule has 1 atom stereocenters. The molecule has 2 nitrogen and oxygen atoms in total. The van der Waals surface area contributed by atoms with E-state index in [4.69, 9.17) is 4.74 Å². The van der Waals surface area contributed by atoms with Gasteiger partial charge in [-0.3, -0.25) is 0 Å². The average molecular weight is 261 g/mol. The molecule has 0 aromatic heterocycles. The van der Waals surface area contributed by atoms with E-state index in [-0.39, 0.29) is 0 Å².